The number of allylic oxidation sites excluding steroid dienone is 1. The number of aryl methyl sites for hydroxylation is 1. The second-order valence-electron chi connectivity index (χ2n) is 9.80. The number of aromatic nitrogens is 2. The number of carbonyl (C=O) groups is 2. The molecule has 0 saturated carbocycles. The Kier molecular flexibility index (Phi) is 6.53. The summed E-state index contributed by atoms with van der Waals surface area (Å²) < 4.78 is 19.1. The molecule has 0 atom stereocenters. The van der Waals surface area contributed by atoms with E-state index in [1.54, 1.807) is 18.3 Å². The third kappa shape index (κ3) is 4.63. The summed E-state index contributed by atoms with van der Waals surface area (Å²) in [5, 5.41) is 1.54. The molecule has 0 radical (unpaired) electrons. The monoisotopic (exact) mass is 518 g/mol. The number of hydrogen-bond acceptors (Lipinski definition) is 4. The molecule has 0 aliphatic heterocycles. The van der Waals surface area contributed by atoms with E-state index in [9.17, 15) is 14.0 Å². The van der Waals surface area contributed by atoms with E-state index in [4.69, 9.17) is 9.72 Å². The van der Waals surface area contributed by atoms with Gasteiger partial charge in [0.2, 0.25) is 5.78 Å². The minimum absolute atomic E-state index is 0.257. The van der Waals surface area contributed by atoms with Crippen molar-refractivity contribution in [2.45, 2.75) is 32.6 Å². The van der Waals surface area contributed by atoms with Gasteiger partial charge in [-0.15, -0.1) is 0 Å². The van der Waals surface area contributed by atoms with Gasteiger partial charge in [0.25, 0.3) is 0 Å². The molecule has 1 aliphatic carbocycles. The number of carbonyl (C=O) groups excluding carboxylic acids is 2. The lowest BCUT2D eigenvalue weighted by molar-refractivity contribution is 0.0476. The van der Waals surface area contributed by atoms with Crippen LogP contribution in [0.1, 0.15) is 62.9 Å². The summed E-state index contributed by atoms with van der Waals surface area (Å²) in [4.78, 5) is 34.9. The van der Waals surface area contributed by atoms with Crippen LogP contribution in [-0.4, -0.2) is 28.3 Å². The van der Waals surface area contributed by atoms with Crippen LogP contribution in [0.25, 0.3) is 33.5 Å². The molecule has 194 valence electrons. The van der Waals surface area contributed by atoms with Gasteiger partial charge >= 0.3 is 5.97 Å². The number of para-hydroxylation sites is 2. The van der Waals surface area contributed by atoms with Gasteiger partial charge in [0.15, 0.2) is 6.61 Å². The quantitative estimate of drug-likeness (QED) is 0.189. The molecule has 1 N–H and O–H groups in total. The number of Topliss-reactive ketones (excluding diaryl/α,β-unsaturated/α-hetero) is 1. The van der Waals surface area contributed by atoms with Gasteiger partial charge in [-0.25, -0.2) is 14.2 Å². The third-order valence-electron chi connectivity index (χ3n) is 7.40. The maximum Gasteiger partial charge on any atom is 0.339 e. The van der Waals surface area contributed by atoms with Gasteiger partial charge in [-0.1, -0.05) is 55.5 Å². The van der Waals surface area contributed by atoms with Crippen LogP contribution in [0.2, 0.25) is 0 Å². The summed E-state index contributed by atoms with van der Waals surface area (Å²) in [6, 6.07) is 19.7. The molecule has 3 aromatic carbocycles. The molecule has 2 heterocycles. The van der Waals surface area contributed by atoms with Crippen molar-refractivity contribution in [3.8, 4) is 0 Å². The summed E-state index contributed by atoms with van der Waals surface area (Å²) in [5.41, 5.74) is 7.16. The lowest BCUT2D eigenvalue weighted by Crippen LogP contribution is -2.18. The zero-order valence-electron chi connectivity index (χ0n) is 21.6. The van der Waals surface area contributed by atoms with Crippen molar-refractivity contribution >= 4 is 45.2 Å². The number of benzene rings is 3. The molecule has 0 saturated heterocycles. The molecule has 0 bridgehead atoms. The minimum Gasteiger partial charge on any atom is -0.454 e. The van der Waals surface area contributed by atoms with Crippen molar-refractivity contribution in [1.82, 2.24) is 9.97 Å². The van der Waals surface area contributed by atoms with Gasteiger partial charge in [-0.2, -0.15) is 0 Å². The first-order valence-electron chi connectivity index (χ1n) is 13.2. The van der Waals surface area contributed by atoms with E-state index >= 15 is 0 Å². The number of esters is 1. The van der Waals surface area contributed by atoms with Gasteiger partial charge in [-0.05, 0) is 72.2 Å². The molecule has 0 amide bonds. The van der Waals surface area contributed by atoms with Crippen molar-refractivity contribution in [1.29, 1.82) is 0 Å². The van der Waals surface area contributed by atoms with Crippen molar-refractivity contribution in [2.24, 2.45) is 0 Å². The Labute approximate surface area is 225 Å². The third-order valence-corrected chi connectivity index (χ3v) is 7.40. The van der Waals surface area contributed by atoms with E-state index in [2.05, 4.69) is 11.9 Å². The molecule has 5 aromatic rings. The van der Waals surface area contributed by atoms with Gasteiger partial charge in [0, 0.05) is 28.0 Å². The molecule has 0 fully saturated rings. The van der Waals surface area contributed by atoms with Crippen LogP contribution in [0.5, 0.6) is 0 Å². The molecule has 6 rings (SSSR count). The van der Waals surface area contributed by atoms with E-state index in [1.807, 2.05) is 48.5 Å². The van der Waals surface area contributed by atoms with E-state index in [1.165, 1.54) is 12.1 Å². The normalized spacial score (nSPS) is 14.1. The van der Waals surface area contributed by atoms with Crippen LogP contribution < -0.4 is 0 Å². The van der Waals surface area contributed by atoms with E-state index < -0.39 is 5.97 Å². The van der Waals surface area contributed by atoms with Crippen molar-refractivity contribution in [3.63, 3.8) is 0 Å². The molecule has 0 spiro atoms. The molecule has 5 nitrogen and oxygen atoms in total. The highest BCUT2D eigenvalue weighted by molar-refractivity contribution is 6.11. The first-order valence-corrected chi connectivity index (χ1v) is 13.2. The van der Waals surface area contributed by atoms with Crippen LogP contribution in [0.15, 0.2) is 72.9 Å². The van der Waals surface area contributed by atoms with Crippen LogP contribution in [0.3, 0.4) is 0 Å². The number of halogens is 1. The summed E-state index contributed by atoms with van der Waals surface area (Å²) in [6.07, 6.45) is 6.85. The maximum atomic E-state index is 13.6. The van der Waals surface area contributed by atoms with E-state index in [-0.39, 0.29) is 18.2 Å². The SMILES string of the molecule is CCc1cccc2c(C(=O)COC(=O)c3c4c(nc5ccccc35)C(=Cc3ccc(F)cc3)CCC4)c[nH]c12. The average Bonchev–Trinajstić information content (AvgIpc) is 3.40. The standard InChI is InChI=1S/C33H27FN2O3/c1-2-21-7-5-10-24-27(18-35-31(21)24)29(37)19-39-33(38)30-25-9-3-4-12-28(25)36-32-22(8-6-11-26(30)32)17-20-13-15-23(34)16-14-20/h3-5,7,9-10,12-18,35H,2,6,8,11,19H2,1H3. The Morgan fingerprint density at radius 1 is 1.00 bits per heavy atom. The van der Waals surface area contributed by atoms with Crippen LogP contribution in [-0.2, 0) is 17.6 Å². The number of nitrogens with zero attached hydrogens (tertiary/aromatic N) is 1. The first-order chi connectivity index (χ1) is 19.0. The molecule has 6 heteroatoms. The number of pyridine rings is 1. The number of fused-ring (bicyclic) bond motifs is 3. The van der Waals surface area contributed by atoms with Gasteiger partial charge in [0.1, 0.15) is 5.82 Å². The molecule has 0 unspecified atom stereocenters. The molecular formula is C33H27FN2O3. The maximum absolute atomic E-state index is 13.6. The number of H-pyrrole nitrogens is 1. The average molecular weight is 519 g/mol. The molecule has 39 heavy (non-hydrogen) atoms. The number of aromatic amines is 1. The minimum atomic E-state index is -0.532. The summed E-state index contributed by atoms with van der Waals surface area (Å²) in [7, 11) is 0. The largest absolute Gasteiger partial charge is 0.454 e. The number of ketones is 1. The summed E-state index contributed by atoms with van der Waals surface area (Å²) >= 11 is 0. The predicted octanol–water partition coefficient (Wildman–Crippen LogP) is 7.33. The second-order valence-corrected chi connectivity index (χ2v) is 9.80. The molecular weight excluding hydrogens is 491 g/mol. The fourth-order valence-electron chi connectivity index (χ4n) is 5.49. The lowest BCUT2D eigenvalue weighted by Gasteiger charge is -2.22. The Morgan fingerprint density at radius 2 is 1.79 bits per heavy atom. The zero-order chi connectivity index (χ0) is 26.9. The van der Waals surface area contributed by atoms with Crippen LogP contribution in [0, 0.1) is 5.82 Å². The zero-order valence-corrected chi connectivity index (χ0v) is 21.6. The van der Waals surface area contributed by atoms with Gasteiger partial charge < -0.3 is 9.72 Å². The number of rotatable bonds is 6. The second kappa shape index (κ2) is 10.3. The van der Waals surface area contributed by atoms with Crippen molar-refractivity contribution in [3.05, 3.63) is 112 Å². The highest BCUT2D eigenvalue weighted by atomic mass is 19.1. The van der Waals surface area contributed by atoms with Crippen molar-refractivity contribution in [2.75, 3.05) is 6.61 Å². The summed E-state index contributed by atoms with van der Waals surface area (Å²) in [6.45, 7) is 1.71. The predicted molar refractivity (Wildman–Crippen MR) is 151 cm³/mol. The Hall–Kier alpha value is -4.58. The smallest absolute Gasteiger partial charge is 0.339 e. The van der Waals surface area contributed by atoms with E-state index in [0.717, 1.165) is 58.1 Å². The molecule has 1 aliphatic rings. The van der Waals surface area contributed by atoms with Crippen LogP contribution in [0.4, 0.5) is 4.39 Å². The van der Waals surface area contributed by atoms with Gasteiger partial charge in [-0.3, -0.25) is 4.79 Å². The highest BCUT2D eigenvalue weighted by Gasteiger charge is 2.27. The first kappa shape index (κ1) is 24.7. The van der Waals surface area contributed by atoms with Crippen molar-refractivity contribution < 1.29 is 18.7 Å². The fourth-order valence-corrected chi connectivity index (χ4v) is 5.49. The Morgan fingerprint density at radius 3 is 2.62 bits per heavy atom. The highest BCUT2D eigenvalue weighted by Crippen LogP contribution is 2.36. The van der Waals surface area contributed by atoms with Crippen LogP contribution >= 0.6 is 0 Å². The Bertz CT molecular complexity index is 1770. The van der Waals surface area contributed by atoms with Gasteiger partial charge in [0.05, 0.1) is 16.8 Å². The molecule has 2 aromatic heterocycles. The summed E-state index contributed by atoms with van der Waals surface area (Å²) in [5.74, 6) is -1.08. The number of hydrogen-bond donors (Lipinski definition) is 1. The topological polar surface area (TPSA) is 72.1 Å². The Balaban J connectivity index is 1.34. The lowest BCUT2D eigenvalue weighted by atomic mass is 9.86. The fraction of sp³-hybridized carbons (Fsp3) is 0.182. The van der Waals surface area contributed by atoms with E-state index in [0.29, 0.717) is 28.5 Å². The number of ether oxygens (including phenoxy) is 1. The number of nitrogens with one attached hydrogen (secondary N) is 1.